The minimum absolute atomic E-state index is 0.157. The van der Waals surface area contributed by atoms with E-state index in [9.17, 15) is 9.59 Å². The fraction of sp³-hybridized carbons (Fsp3) is 0.316. The van der Waals surface area contributed by atoms with Crippen molar-refractivity contribution < 1.29 is 14.7 Å². The third-order valence-electron chi connectivity index (χ3n) is 4.63. The van der Waals surface area contributed by atoms with Crippen molar-refractivity contribution in [2.45, 2.75) is 31.7 Å². The van der Waals surface area contributed by atoms with Crippen LogP contribution >= 0.6 is 11.6 Å². The zero-order valence-electron chi connectivity index (χ0n) is 14.4. The smallest absolute Gasteiger partial charge is 0.335 e. The van der Waals surface area contributed by atoms with E-state index in [0.29, 0.717) is 22.6 Å². The van der Waals surface area contributed by atoms with Crippen molar-refractivity contribution in [2.24, 2.45) is 0 Å². The quantitative estimate of drug-likeness (QED) is 0.825. The molecule has 1 fully saturated rings. The molecule has 0 saturated heterocycles. The Morgan fingerprint density at radius 3 is 2.46 bits per heavy atom. The summed E-state index contributed by atoms with van der Waals surface area (Å²) in [6, 6.07) is 9.65. The number of amides is 1. The number of anilines is 2. The molecule has 0 bridgehead atoms. The Kier molecular flexibility index (Phi) is 5.42. The maximum Gasteiger partial charge on any atom is 0.335 e. The van der Waals surface area contributed by atoms with Gasteiger partial charge in [0.25, 0.3) is 5.91 Å². The largest absolute Gasteiger partial charge is 0.478 e. The second-order valence-corrected chi connectivity index (χ2v) is 6.85. The Morgan fingerprint density at radius 1 is 1.19 bits per heavy atom. The maximum atomic E-state index is 12.5. The summed E-state index contributed by atoms with van der Waals surface area (Å²) < 4.78 is 0. The topological polar surface area (TPSA) is 82.5 Å². The molecule has 0 spiro atoms. The van der Waals surface area contributed by atoms with Crippen LogP contribution in [0.4, 0.5) is 11.5 Å². The molecular formula is C19H20ClN3O3. The number of pyridine rings is 1. The Bertz CT molecular complexity index is 817. The Balaban J connectivity index is 1.77. The van der Waals surface area contributed by atoms with Gasteiger partial charge in [0.05, 0.1) is 5.56 Å². The van der Waals surface area contributed by atoms with Gasteiger partial charge in [-0.25, -0.2) is 9.78 Å². The Hall–Kier alpha value is -2.60. The van der Waals surface area contributed by atoms with Crippen molar-refractivity contribution in [1.82, 2.24) is 4.98 Å². The van der Waals surface area contributed by atoms with Gasteiger partial charge in [0, 0.05) is 23.8 Å². The molecule has 0 unspecified atom stereocenters. The minimum Gasteiger partial charge on any atom is -0.478 e. The predicted octanol–water partition coefficient (Wildman–Crippen LogP) is 4.06. The second kappa shape index (κ2) is 7.74. The van der Waals surface area contributed by atoms with Crippen LogP contribution in [-0.4, -0.2) is 35.1 Å². The lowest BCUT2D eigenvalue weighted by Gasteiger charge is -2.25. The molecule has 1 aromatic heterocycles. The number of nitrogens with zero attached hydrogens (tertiary/aromatic N) is 2. The summed E-state index contributed by atoms with van der Waals surface area (Å²) in [6.45, 7) is 0. The third kappa shape index (κ3) is 4.14. The number of carbonyl (C=O) groups is 2. The zero-order valence-corrected chi connectivity index (χ0v) is 15.2. The lowest BCUT2D eigenvalue weighted by molar-refractivity contribution is 0.0696. The average molecular weight is 374 g/mol. The van der Waals surface area contributed by atoms with E-state index in [0.717, 1.165) is 12.8 Å². The van der Waals surface area contributed by atoms with Crippen LogP contribution in [0.2, 0.25) is 5.02 Å². The first-order valence-electron chi connectivity index (χ1n) is 8.49. The van der Waals surface area contributed by atoms with Crippen LogP contribution in [0, 0.1) is 0 Å². The summed E-state index contributed by atoms with van der Waals surface area (Å²) in [7, 11) is 1.97. The number of nitrogens with one attached hydrogen (secondary N) is 1. The lowest BCUT2D eigenvalue weighted by Crippen LogP contribution is -2.30. The van der Waals surface area contributed by atoms with Gasteiger partial charge in [-0.2, -0.15) is 0 Å². The number of hydrogen-bond acceptors (Lipinski definition) is 4. The number of rotatable bonds is 5. The molecule has 136 valence electrons. The van der Waals surface area contributed by atoms with E-state index < -0.39 is 11.9 Å². The number of hydrogen-bond donors (Lipinski definition) is 2. The summed E-state index contributed by atoms with van der Waals surface area (Å²) in [5.74, 6) is -0.730. The molecule has 1 aliphatic rings. The summed E-state index contributed by atoms with van der Waals surface area (Å²) >= 11 is 6.19. The molecule has 26 heavy (non-hydrogen) atoms. The van der Waals surface area contributed by atoms with Gasteiger partial charge in [-0.15, -0.1) is 0 Å². The molecule has 7 heteroatoms. The number of carboxylic acid groups (broad SMARTS) is 1. The molecule has 1 amide bonds. The fourth-order valence-corrected chi connectivity index (χ4v) is 3.35. The van der Waals surface area contributed by atoms with E-state index in [1.807, 2.05) is 7.05 Å². The summed E-state index contributed by atoms with van der Waals surface area (Å²) in [5.41, 5.74) is 0.872. The van der Waals surface area contributed by atoms with E-state index in [4.69, 9.17) is 16.7 Å². The van der Waals surface area contributed by atoms with Crippen molar-refractivity contribution in [3.63, 3.8) is 0 Å². The average Bonchev–Trinajstić information content (AvgIpc) is 3.15. The van der Waals surface area contributed by atoms with Gasteiger partial charge in [0.2, 0.25) is 0 Å². The van der Waals surface area contributed by atoms with Crippen molar-refractivity contribution in [1.29, 1.82) is 0 Å². The van der Waals surface area contributed by atoms with E-state index >= 15 is 0 Å². The number of benzene rings is 1. The van der Waals surface area contributed by atoms with Gasteiger partial charge < -0.3 is 15.3 Å². The molecular weight excluding hydrogens is 354 g/mol. The van der Waals surface area contributed by atoms with E-state index in [1.54, 1.807) is 6.07 Å². The monoisotopic (exact) mass is 373 g/mol. The molecule has 1 aliphatic carbocycles. The molecule has 1 aromatic carbocycles. The molecule has 2 aromatic rings. The standard InChI is InChI=1S/C19H20ClN3O3/c1-23(15-4-2-3-5-15)17-11-13(20)10-16(22-17)18(24)21-14-8-6-12(7-9-14)19(25)26/h6-11,15H,2-5H2,1H3,(H,21,24)(H,25,26). The molecule has 2 N–H and O–H groups in total. The molecule has 1 saturated carbocycles. The maximum absolute atomic E-state index is 12.5. The molecule has 6 nitrogen and oxygen atoms in total. The third-order valence-corrected chi connectivity index (χ3v) is 4.85. The Labute approximate surface area is 156 Å². The highest BCUT2D eigenvalue weighted by Gasteiger charge is 2.22. The number of carbonyl (C=O) groups excluding carboxylic acids is 1. The van der Waals surface area contributed by atoms with Crippen LogP contribution in [0.3, 0.4) is 0 Å². The summed E-state index contributed by atoms with van der Waals surface area (Å²) in [5, 5.41) is 12.1. The van der Waals surface area contributed by atoms with Gasteiger partial charge in [-0.3, -0.25) is 4.79 Å². The fourth-order valence-electron chi connectivity index (χ4n) is 3.15. The molecule has 3 rings (SSSR count). The summed E-state index contributed by atoms with van der Waals surface area (Å²) in [4.78, 5) is 29.9. The van der Waals surface area contributed by atoms with Gasteiger partial charge in [-0.1, -0.05) is 24.4 Å². The van der Waals surface area contributed by atoms with Crippen LogP contribution in [0.5, 0.6) is 0 Å². The van der Waals surface area contributed by atoms with Gasteiger partial charge >= 0.3 is 5.97 Å². The normalized spacial score (nSPS) is 14.2. The summed E-state index contributed by atoms with van der Waals surface area (Å²) in [6.07, 6.45) is 4.63. The highest BCUT2D eigenvalue weighted by atomic mass is 35.5. The van der Waals surface area contributed by atoms with Crippen LogP contribution in [0.15, 0.2) is 36.4 Å². The van der Waals surface area contributed by atoms with Crippen LogP contribution in [0.1, 0.15) is 46.5 Å². The van der Waals surface area contributed by atoms with E-state index in [-0.39, 0.29) is 11.3 Å². The molecule has 0 radical (unpaired) electrons. The first-order valence-corrected chi connectivity index (χ1v) is 8.87. The van der Waals surface area contributed by atoms with Crippen LogP contribution < -0.4 is 10.2 Å². The number of carboxylic acids is 1. The first kappa shape index (κ1) is 18.2. The SMILES string of the molecule is CN(c1cc(Cl)cc(C(=O)Nc2ccc(C(=O)O)cc2)n1)C1CCCC1. The second-order valence-electron chi connectivity index (χ2n) is 6.41. The van der Waals surface area contributed by atoms with Gasteiger partial charge in [0.1, 0.15) is 11.5 Å². The lowest BCUT2D eigenvalue weighted by atomic mass is 10.2. The number of halogens is 1. The Morgan fingerprint density at radius 2 is 1.85 bits per heavy atom. The molecule has 0 aliphatic heterocycles. The van der Waals surface area contributed by atoms with Crippen LogP contribution in [-0.2, 0) is 0 Å². The van der Waals surface area contributed by atoms with Gasteiger partial charge in [-0.05, 0) is 49.2 Å². The van der Waals surface area contributed by atoms with Crippen molar-refractivity contribution in [3.8, 4) is 0 Å². The highest BCUT2D eigenvalue weighted by Crippen LogP contribution is 2.27. The van der Waals surface area contributed by atoms with Crippen LogP contribution in [0.25, 0.3) is 0 Å². The number of aromatic carboxylic acids is 1. The predicted molar refractivity (Wildman–Crippen MR) is 101 cm³/mol. The van der Waals surface area contributed by atoms with E-state index in [1.165, 1.54) is 43.2 Å². The molecule has 0 atom stereocenters. The minimum atomic E-state index is -1.01. The highest BCUT2D eigenvalue weighted by molar-refractivity contribution is 6.31. The zero-order chi connectivity index (χ0) is 18.7. The molecule has 1 heterocycles. The van der Waals surface area contributed by atoms with Crippen molar-refractivity contribution in [3.05, 3.63) is 52.7 Å². The van der Waals surface area contributed by atoms with Crippen molar-refractivity contribution in [2.75, 3.05) is 17.3 Å². The van der Waals surface area contributed by atoms with E-state index in [2.05, 4.69) is 15.2 Å². The van der Waals surface area contributed by atoms with Gasteiger partial charge in [0.15, 0.2) is 0 Å². The van der Waals surface area contributed by atoms with Crippen molar-refractivity contribution >= 4 is 35.0 Å². The number of aromatic nitrogens is 1. The first-order chi connectivity index (χ1) is 12.4.